The van der Waals surface area contributed by atoms with E-state index in [1.54, 1.807) is 0 Å². The molecule has 0 saturated carbocycles. The first-order chi connectivity index (χ1) is 11.8. The molecule has 4 heterocycles. The number of aromatic nitrogens is 2. The van der Waals surface area contributed by atoms with Gasteiger partial charge in [-0.2, -0.15) is 0 Å². The maximum atomic E-state index is 4.58. The predicted octanol–water partition coefficient (Wildman–Crippen LogP) is 2.17. The van der Waals surface area contributed by atoms with Gasteiger partial charge in [-0.25, -0.2) is 4.98 Å². The Bertz CT molecular complexity index is 665. The second-order valence-corrected chi connectivity index (χ2v) is 7.15. The molecule has 2 aliphatic rings. The van der Waals surface area contributed by atoms with Crippen LogP contribution in [0.4, 0.5) is 0 Å². The van der Waals surface area contributed by atoms with Crippen molar-refractivity contribution in [1.82, 2.24) is 25.1 Å². The minimum absolute atomic E-state index is 0.646. The molecule has 5 nitrogen and oxygen atoms in total. The van der Waals surface area contributed by atoms with Gasteiger partial charge in [-0.1, -0.05) is 6.92 Å². The van der Waals surface area contributed by atoms with E-state index in [4.69, 9.17) is 0 Å². The van der Waals surface area contributed by atoms with Crippen molar-refractivity contribution in [2.75, 3.05) is 45.8 Å². The lowest BCUT2D eigenvalue weighted by Crippen LogP contribution is -2.45. The molecular weight excluding hydrogens is 298 g/mol. The molecule has 2 N–H and O–H groups in total. The summed E-state index contributed by atoms with van der Waals surface area (Å²) in [6.45, 7) is 11.5. The number of piperidine rings is 1. The first-order valence-electron chi connectivity index (χ1n) is 9.46. The minimum atomic E-state index is 0.646. The molecule has 0 bridgehead atoms. The lowest BCUT2D eigenvalue weighted by Gasteiger charge is -2.34. The van der Waals surface area contributed by atoms with Gasteiger partial charge in [-0.15, -0.1) is 0 Å². The number of piperazine rings is 1. The van der Waals surface area contributed by atoms with Crippen LogP contribution in [0.25, 0.3) is 11.0 Å². The topological polar surface area (TPSA) is 47.2 Å². The second kappa shape index (κ2) is 7.21. The molecule has 0 aliphatic carbocycles. The Kier molecular flexibility index (Phi) is 4.83. The summed E-state index contributed by atoms with van der Waals surface area (Å²) in [6.07, 6.45) is 4.35. The van der Waals surface area contributed by atoms with Gasteiger partial charge in [0, 0.05) is 55.9 Å². The lowest BCUT2D eigenvalue weighted by molar-refractivity contribution is 0.132. The monoisotopic (exact) mass is 327 g/mol. The molecule has 0 radical (unpaired) electrons. The molecule has 0 atom stereocenters. The third-order valence-corrected chi connectivity index (χ3v) is 5.75. The van der Waals surface area contributed by atoms with Crippen molar-refractivity contribution in [3.8, 4) is 0 Å². The van der Waals surface area contributed by atoms with Crippen molar-refractivity contribution >= 4 is 11.0 Å². The first kappa shape index (κ1) is 16.1. The number of hydrogen-bond donors (Lipinski definition) is 2. The predicted molar refractivity (Wildman–Crippen MR) is 98.3 cm³/mol. The van der Waals surface area contributed by atoms with Crippen LogP contribution < -0.4 is 5.32 Å². The Morgan fingerprint density at radius 1 is 1.12 bits per heavy atom. The molecule has 2 aromatic rings. The zero-order valence-electron chi connectivity index (χ0n) is 14.7. The van der Waals surface area contributed by atoms with E-state index < -0.39 is 0 Å². The third-order valence-electron chi connectivity index (χ3n) is 5.75. The lowest BCUT2D eigenvalue weighted by atomic mass is 9.91. The molecule has 2 aromatic heterocycles. The number of nitrogens with zero attached hydrogens (tertiary/aromatic N) is 3. The van der Waals surface area contributed by atoms with E-state index in [0.29, 0.717) is 5.92 Å². The molecule has 2 fully saturated rings. The molecule has 5 heteroatoms. The number of pyridine rings is 1. The van der Waals surface area contributed by atoms with Crippen LogP contribution in [-0.2, 0) is 6.54 Å². The minimum Gasteiger partial charge on any atom is -0.343 e. The highest BCUT2D eigenvalue weighted by molar-refractivity contribution is 5.81. The van der Waals surface area contributed by atoms with Gasteiger partial charge >= 0.3 is 0 Å². The van der Waals surface area contributed by atoms with Crippen molar-refractivity contribution in [2.24, 2.45) is 0 Å². The standard InChI is InChI=1S/C19H29N5/c1-2-23-10-12-24(13-11-23)14-17-16-4-3-7-21-19(16)22-18(17)15-5-8-20-9-6-15/h3-4,7,15,20H,2,5-6,8-14H2,1H3,(H,21,22). The van der Waals surface area contributed by atoms with Crippen LogP contribution in [0.1, 0.15) is 36.9 Å². The number of H-pyrrole nitrogens is 1. The van der Waals surface area contributed by atoms with Crippen molar-refractivity contribution in [2.45, 2.75) is 32.2 Å². The van der Waals surface area contributed by atoms with Gasteiger partial charge in [0.15, 0.2) is 0 Å². The van der Waals surface area contributed by atoms with Crippen molar-refractivity contribution in [1.29, 1.82) is 0 Å². The Morgan fingerprint density at radius 3 is 2.62 bits per heavy atom. The van der Waals surface area contributed by atoms with Crippen LogP contribution in [0.15, 0.2) is 18.3 Å². The summed E-state index contributed by atoms with van der Waals surface area (Å²) in [7, 11) is 0. The number of fused-ring (bicyclic) bond motifs is 1. The smallest absolute Gasteiger partial charge is 0.137 e. The van der Waals surface area contributed by atoms with Crippen LogP contribution in [0.5, 0.6) is 0 Å². The normalized spacial score (nSPS) is 21.5. The Hall–Kier alpha value is -1.43. The van der Waals surface area contributed by atoms with E-state index in [1.165, 1.54) is 62.2 Å². The second-order valence-electron chi connectivity index (χ2n) is 7.15. The van der Waals surface area contributed by atoms with E-state index in [-0.39, 0.29) is 0 Å². The van der Waals surface area contributed by atoms with Gasteiger partial charge in [0.05, 0.1) is 0 Å². The van der Waals surface area contributed by atoms with Crippen molar-refractivity contribution < 1.29 is 0 Å². The van der Waals surface area contributed by atoms with Gasteiger partial charge in [-0.3, -0.25) is 4.90 Å². The number of aromatic amines is 1. The molecule has 0 unspecified atom stereocenters. The van der Waals surface area contributed by atoms with Gasteiger partial charge in [0.25, 0.3) is 0 Å². The Balaban J connectivity index is 1.60. The molecule has 24 heavy (non-hydrogen) atoms. The van der Waals surface area contributed by atoms with E-state index in [1.807, 2.05) is 6.20 Å². The van der Waals surface area contributed by atoms with E-state index in [0.717, 1.165) is 25.3 Å². The van der Waals surface area contributed by atoms with Gasteiger partial charge in [-0.05, 0) is 50.2 Å². The van der Waals surface area contributed by atoms with Crippen LogP contribution >= 0.6 is 0 Å². The van der Waals surface area contributed by atoms with Gasteiger partial charge in [0.1, 0.15) is 5.65 Å². The van der Waals surface area contributed by atoms with Crippen LogP contribution in [0.3, 0.4) is 0 Å². The fraction of sp³-hybridized carbons (Fsp3) is 0.632. The maximum Gasteiger partial charge on any atom is 0.137 e. The van der Waals surface area contributed by atoms with Crippen LogP contribution in [0.2, 0.25) is 0 Å². The van der Waals surface area contributed by atoms with Gasteiger partial charge in [0.2, 0.25) is 0 Å². The molecule has 2 saturated heterocycles. The number of likely N-dealkylation sites (N-methyl/N-ethyl adjacent to an activating group) is 1. The number of nitrogens with one attached hydrogen (secondary N) is 2. The average molecular weight is 327 g/mol. The summed E-state index contributed by atoms with van der Waals surface area (Å²) in [5.41, 5.74) is 4.01. The number of hydrogen-bond acceptors (Lipinski definition) is 4. The first-order valence-corrected chi connectivity index (χ1v) is 9.46. The maximum absolute atomic E-state index is 4.58. The average Bonchev–Trinajstić information content (AvgIpc) is 3.02. The summed E-state index contributed by atoms with van der Waals surface area (Å²) >= 11 is 0. The molecule has 0 aromatic carbocycles. The molecule has 0 amide bonds. The molecular formula is C19H29N5. The fourth-order valence-electron chi connectivity index (χ4n) is 4.21. The van der Waals surface area contributed by atoms with Crippen LogP contribution in [0, 0.1) is 0 Å². The summed E-state index contributed by atoms with van der Waals surface area (Å²) in [4.78, 5) is 13.4. The van der Waals surface area contributed by atoms with Crippen molar-refractivity contribution in [3.63, 3.8) is 0 Å². The SMILES string of the molecule is CCN1CCN(Cc2c(C3CCNCC3)[nH]c3ncccc23)CC1. The molecule has 0 spiro atoms. The van der Waals surface area contributed by atoms with E-state index >= 15 is 0 Å². The summed E-state index contributed by atoms with van der Waals surface area (Å²) < 4.78 is 0. The van der Waals surface area contributed by atoms with Gasteiger partial charge < -0.3 is 15.2 Å². The fourth-order valence-corrected chi connectivity index (χ4v) is 4.21. The highest BCUT2D eigenvalue weighted by Crippen LogP contribution is 2.32. The van der Waals surface area contributed by atoms with E-state index in [2.05, 4.69) is 44.1 Å². The summed E-state index contributed by atoms with van der Waals surface area (Å²) in [5, 5.41) is 4.81. The largest absolute Gasteiger partial charge is 0.343 e. The Labute approximate surface area is 144 Å². The molecule has 130 valence electrons. The Morgan fingerprint density at radius 2 is 1.88 bits per heavy atom. The van der Waals surface area contributed by atoms with Crippen molar-refractivity contribution in [3.05, 3.63) is 29.6 Å². The zero-order chi connectivity index (χ0) is 16.4. The summed E-state index contributed by atoms with van der Waals surface area (Å²) in [5.74, 6) is 0.646. The zero-order valence-corrected chi connectivity index (χ0v) is 14.7. The molecule has 2 aliphatic heterocycles. The highest BCUT2D eigenvalue weighted by Gasteiger charge is 2.24. The molecule has 4 rings (SSSR count). The highest BCUT2D eigenvalue weighted by atomic mass is 15.3. The van der Waals surface area contributed by atoms with Crippen LogP contribution in [-0.4, -0.2) is 65.6 Å². The summed E-state index contributed by atoms with van der Waals surface area (Å²) in [6, 6.07) is 4.31. The quantitative estimate of drug-likeness (QED) is 0.903. The number of rotatable bonds is 4. The third kappa shape index (κ3) is 3.21. The van der Waals surface area contributed by atoms with E-state index in [9.17, 15) is 0 Å².